The summed E-state index contributed by atoms with van der Waals surface area (Å²) >= 11 is 1.76. The van der Waals surface area contributed by atoms with Crippen molar-refractivity contribution in [2.24, 2.45) is 0 Å². The van der Waals surface area contributed by atoms with E-state index in [9.17, 15) is 4.79 Å². The zero-order valence-electron chi connectivity index (χ0n) is 11.9. The Kier molecular flexibility index (Phi) is 3.66. The molecule has 1 fully saturated rings. The van der Waals surface area contributed by atoms with Crippen molar-refractivity contribution in [1.82, 2.24) is 4.90 Å². The summed E-state index contributed by atoms with van der Waals surface area (Å²) in [5.74, 6) is 1.66. The molecule has 0 spiro atoms. The van der Waals surface area contributed by atoms with Crippen molar-refractivity contribution in [2.45, 2.75) is 39.2 Å². The van der Waals surface area contributed by atoms with E-state index < -0.39 is 0 Å². The highest BCUT2D eigenvalue weighted by atomic mass is 32.1. The summed E-state index contributed by atoms with van der Waals surface area (Å²) in [6.07, 6.45) is 3.20. The molecule has 3 nitrogen and oxygen atoms in total. The minimum atomic E-state index is 0.124. The topological polar surface area (TPSA) is 33.5 Å². The Balaban J connectivity index is 1.73. The Morgan fingerprint density at radius 2 is 2.25 bits per heavy atom. The van der Waals surface area contributed by atoms with Gasteiger partial charge in [-0.2, -0.15) is 0 Å². The van der Waals surface area contributed by atoms with Crippen LogP contribution < -0.4 is 0 Å². The van der Waals surface area contributed by atoms with E-state index in [4.69, 9.17) is 4.42 Å². The van der Waals surface area contributed by atoms with Gasteiger partial charge in [-0.05, 0) is 50.6 Å². The molecule has 1 amide bonds. The molecule has 2 aromatic rings. The second kappa shape index (κ2) is 5.44. The molecule has 0 aliphatic heterocycles. The normalized spacial score (nSPS) is 14.5. The Morgan fingerprint density at radius 3 is 2.80 bits per heavy atom. The highest BCUT2D eigenvalue weighted by Crippen LogP contribution is 2.30. The van der Waals surface area contributed by atoms with Crippen LogP contribution in [-0.2, 0) is 6.42 Å². The van der Waals surface area contributed by atoms with E-state index in [1.807, 2.05) is 24.8 Å². The first-order chi connectivity index (χ1) is 9.65. The summed E-state index contributed by atoms with van der Waals surface area (Å²) in [5.41, 5.74) is 0.723. The molecule has 0 aromatic carbocycles. The van der Waals surface area contributed by atoms with Gasteiger partial charge in [0.2, 0.25) is 0 Å². The van der Waals surface area contributed by atoms with Crippen molar-refractivity contribution in [3.05, 3.63) is 45.5 Å². The van der Waals surface area contributed by atoms with Gasteiger partial charge in [-0.25, -0.2) is 0 Å². The number of furan rings is 1. The number of hydrogen-bond acceptors (Lipinski definition) is 3. The van der Waals surface area contributed by atoms with Crippen LogP contribution in [0.3, 0.4) is 0 Å². The van der Waals surface area contributed by atoms with Crippen LogP contribution in [0.5, 0.6) is 0 Å². The van der Waals surface area contributed by atoms with Gasteiger partial charge in [0, 0.05) is 17.5 Å². The lowest BCUT2D eigenvalue weighted by Gasteiger charge is -2.21. The minimum Gasteiger partial charge on any atom is -0.466 e. The lowest BCUT2D eigenvalue weighted by Crippen LogP contribution is -2.35. The van der Waals surface area contributed by atoms with E-state index in [2.05, 4.69) is 17.5 Å². The Labute approximate surface area is 123 Å². The second-order valence-corrected chi connectivity index (χ2v) is 6.42. The van der Waals surface area contributed by atoms with E-state index in [1.165, 1.54) is 4.88 Å². The van der Waals surface area contributed by atoms with E-state index >= 15 is 0 Å². The van der Waals surface area contributed by atoms with Gasteiger partial charge in [-0.15, -0.1) is 11.3 Å². The van der Waals surface area contributed by atoms with Crippen molar-refractivity contribution < 1.29 is 9.21 Å². The molecule has 1 saturated carbocycles. The highest BCUT2D eigenvalue weighted by Gasteiger charge is 2.34. The maximum absolute atomic E-state index is 12.7. The lowest BCUT2D eigenvalue weighted by atomic mass is 10.2. The van der Waals surface area contributed by atoms with Gasteiger partial charge in [-0.1, -0.05) is 6.07 Å². The number of aryl methyl sites for hydroxylation is 2. The molecular weight excluding hydrogens is 270 g/mol. The molecule has 0 atom stereocenters. The first-order valence-corrected chi connectivity index (χ1v) is 7.93. The van der Waals surface area contributed by atoms with E-state index in [0.29, 0.717) is 6.04 Å². The van der Waals surface area contributed by atoms with Crippen LogP contribution >= 0.6 is 11.3 Å². The summed E-state index contributed by atoms with van der Waals surface area (Å²) < 4.78 is 5.49. The van der Waals surface area contributed by atoms with Gasteiger partial charge in [0.05, 0.1) is 5.56 Å². The van der Waals surface area contributed by atoms with Gasteiger partial charge in [-0.3, -0.25) is 4.79 Å². The van der Waals surface area contributed by atoms with Crippen LogP contribution in [0.15, 0.2) is 28.0 Å². The quantitative estimate of drug-likeness (QED) is 0.838. The van der Waals surface area contributed by atoms with Gasteiger partial charge in [0.1, 0.15) is 11.5 Å². The van der Waals surface area contributed by atoms with Gasteiger partial charge >= 0.3 is 0 Å². The molecule has 2 aromatic heterocycles. The number of thiophene rings is 1. The molecule has 0 saturated heterocycles. The van der Waals surface area contributed by atoms with Crippen LogP contribution in [0, 0.1) is 13.8 Å². The molecule has 0 bridgehead atoms. The van der Waals surface area contributed by atoms with E-state index in [1.54, 1.807) is 11.3 Å². The predicted molar refractivity (Wildman–Crippen MR) is 80.3 cm³/mol. The Bertz CT molecular complexity index is 596. The molecule has 0 N–H and O–H groups in total. The number of rotatable bonds is 5. The molecular formula is C16H19NO2S. The van der Waals surface area contributed by atoms with Crippen molar-refractivity contribution in [3.8, 4) is 0 Å². The first kappa shape index (κ1) is 13.4. The van der Waals surface area contributed by atoms with Gasteiger partial charge in [0.25, 0.3) is 5.91 Å². The lowest BCUT2D eigenvalue weighted by molar-refractivity contribution is 0.0743. The zero-order valence-corrected chi connectivity index (χ0v) is 12.7. The number of nitrogens with zero attached hydrogens (tertiary/aromatic N) is 1. The van der Waals surface area contributed by atoms with Crippen molar-refractivity contribution in [2.75, 3.05) is 6.54 Å². The zero-order chi connectivity index (χ0) is 14.1. The third-order valence-corrected chi connectivity index (χ3v) is 4.64. The fourth-order valence-electron chi connectivity index (χ4n) is 2.52. The van der Waals surface area contributed by atoms with E-state index in [-0.39, 0.29) is 5.91 Å². The average molecular weight is 289 g/mol. The Hall–Kier alpha value is -1.55. The fourth-order valence-corrected chi connectivity index (χ4v) is 3.22. The SMILES string of the molecule is Cc1cc(C(=O)N(CCc2cccs2)C2CC2)c(C)o1. The molecule has 0 radical (unpaired) electrons. The third-order valence-electron chi connectivity index (χ3n) is 3.70. The summed E-state index contributed by atoms with van der Waals surface area (Å²) in [6, 6.07) is 6.48. The standard InChI is InChI=1S/C16H19NO2S/c1-11-10-15(12(2)19-11)16(18)17(13-5-6-13)8-7-14-4-3-9-20-14/h3-4,9-10,13H,5-8H2,1-2H3. The number of carbonyl (C=O) groups is 1. The molecule has 106 valence electrons. The fraction of sp³-hybridized carbons (Fsp3) is 0.438. The van der Waals surface area contributed by atoms with Gasteiger partial charge in [0.15, 0.2) is 0 Å². The number of carbonyl (C=O) groups excluding carboxylic acids is 1. The van der Waals surface area contributed by atoms with Crippen LogP contribution in [0.25, 0.3) is 0 Å². The molecule has 20 heavy (non-hydrogen) atoms. The maximum Gasteiger partial charge on any atom is 0.257 e. The molecule has 1 aliphatic carbocycles. The molecule has 4 heteroatoms. The van der Waals surface area contributed by atoms with E-state index in [0.717, 1.165) is 42.9 Å². The maximum atomic E-state index is 12.7. The van der Waals surface area contributed by atoms with Crippen molar-refractivity contribution in [3.63, 3.8) is 0 Å². The summed E-state index contributed by atoms with van der Waals surface area (Å²) in [4.78, 5) is 16.1. The summed E-state index contributed by atoms with van der Waals surface area (Å²) in [5, 5.41) is 2.09. The van der Waals surface area contributed by atoms with Crippen LogP contribution in [0.1, 0.15) is 39.6 Å². The monoisotopic (exact) mass is 289 g/mol. The molecule has 3 rings (SSSR count). The first-order valence-electron chi connectivity index (χ1n) is 7.05. The molecule has 2 heterocycles. The minimum absolute atomic E-state index is 0.124. The van der Waals surface area contributed by atoms with Gasteiger partial charge < -0.3 is 9.32 Å². The highest BCUT2D eigenvalue weighted by molar-refractivity contribution is 7.09. The van der Waals surface area contributed by atoms with Crippen LogP contribution in [0.4, 0.5) is 0 Å². The molecule has 0 unspecified atom stereocenters. The van der Waals surface area contributed by atoms with Crippen molar-refractivity contribution >= 4 is 17.2 Å². The average Bonchev–Trinajstić information content (AvgIpc) is 2.99. The molecule has 1 aliphatic rings. The predicted octanol–water partition coefficient (Wildman–Crippen LogP) is 3.81. The van der Waals surface area contributed by atoms with Crippen LogP contribution in [0.2, 0.25) is 0 Å². The summed E-state index contributed by atoms with van der Waals surface area (Å²) in [7, 11) is 0. The number of hydrogen-bond donors (Lipinski definition) is 0. The third kappa shape index (κ3) is 2.80. The second-order valence-electron chi connectivity index (χ2n) is 5.39. The van der Waals surface area contributed by atoms with Crippen LogP contribution in [-0.4, -0.2) is 23.4 Å². The van der Waals surface area contributed by atoms with Crippen molar-refractivity contribution in [1.29, 1.82) is 0 Å². The Morgan fingerprint density at radius 1 is 1.45 bits per heavy atom. The largest absolute Gasteiger partial charge is 0.466 e. The summed E-state index contributed by atoms with van der Waals surface area (Å²) in [6.45, 7) is 4.55. The number of amides is 1. The smallest absolute Gasteiger partial charge is 0.257 e.